The first-order valence-corrected chi connectivity index (χ1v) is 10.8. The van der Waals surface area contributed by atoms with Crippen molar-refractivity contribution in [3.05, 3.63) is 59.7 Å². The molecule has 1 amide bonds. The first kappa shape index (κ1) is 22.3. The average Bonchev–Trinajstić information content (AvgIpc) is 3.48. The van der Waals surface area contributed by atoms with Crippen molar-refractivity contribution >= 4 is 17.3 Å². The summed E-state index contributed by atoms with van der Waals surface area (Å²) in [7, 11) is 0. The third-order valence-corrected chi connectivity index (χ3v) is 6.20. The molecule has 162 valence electrons. The molecule has 0 spiro atoms. The zero-order valence-electron chi connectivity index (χ0n) is 19.2. The Morgan fingerprint density at radius 3 is 1.83 bits per heavy atom. The molecule has 1 saturated heterocycles. The van der Waals surface area contributed by atoms with Crippen LogP contribution in [0.15, 0.2) is 48.5 Å². The first-order valence-electron chi connectivity index (χ1n) is 10.8. The molecule has 0 unspecified atom stereocenters. The van der Waals surface area contributed by atoms with Crippen molar-refractivity contribution in [2.75, 3.05) is 10.5 Å². The second-order valence-electron chi connectivity index (χ2n) is 8.91. The highest BCUT2D eigenvalue weighted by atomic mass is 17.0. The van der Waals surface area contributed by atoms with E-state index in [0.717, 1.165) is 29.8 Å². The van der Waals surface area contributed by atoms with Crippen LogP contribution in [0.1, 0.15) is 65.5 Å². The SMILES string of the molecule is CC.Cc1ccc(C2(C(=O)Nc3ccc(N4OC(C)(C)C(C)(C)O4)cc3)CC2)cc1. The second kappa shape index (κ2) is 8.05. The summed E-state index contributed by atoms with van der Waals surface area (Å²) in [5.41, 5.74) is 2.59. The molecule has 2 aliphatic rings. The van der Waals surface area contributed by atoms with Crippen LogP contribution in [0.4, 0.5) is 11.4 Å². The van der Waals surface area contributed by atoms with Crippen molar-refractivity contribution in [3.8, 4) is 0 Å². The number of hydrogen-bond acceptors (Lipinski definition) is 4. The van der Waals surface area contributed by atoms with E-state index < -0.39 is 11.2 Å². The standard InChI is InChI=1S/C23H28N2O3.C2H6/c1-16-6-8-17(9-7-16)23(14-15-23)20(26)24-18-10-12-19(13-11-18)25-27-21(2,3)22(4,5)28-25;1-2/h6-13H,14-15H2,1-5H3,(H,24,26);1-2H3. The molecule has 0 radical (unpaired) electrons. The number of hydrogen-bond donors (Lipinski definition) is 1. The quantitative estimate of drug-likeness (QED) is 0.678. The van der Waals surface area contributed by atoms with Gasteiger partial charge >= 0.3 is 0 Å². The van der Waals surface area contributed by atoms with Crippen LogP contribution in [0.3, 0.4) is 0 Å². The summed E-state index contributed by atoms with van der Waals surface area (Å²) < 4.78 is 0. The lowest BCUT2D eigenvalue weighted by Crippen LogP contribution is -2.41. The topological polar surface area (TPSA) is 50.8 Å². The summed E-state index contributed by atoms with van der Waals surface area (Å²) in [5, 5.41) is 4.53. The smallest absolute Gasteiger partial charge is 0.235 e. The van der Waals surface area contributed by atoms with Crippen molar-refractivity contribution in [2.45, 2.75) is 77.9 Å². The minimum atomic E-state index is -0.438. The van der Waals surface area contributed by atoms with Gasteiger partial charge in [-0.1, -0.05) is 43.7 Å². The van der Waals surface area contributed by atoms with E-state index in [4.69, 9.17) is 9.68 Å². The molecule has 0 atom stereocenters. The molecule has 30 heavy (non-hydrogen) atoms. The Morgan fingerprint density at radius 2 is 1.37 bits per heavy atom. The normalized spacial score (nSPS) is 20.2. The van der Waals surface area contributed by atoms with Gasteiger partial charge in [0, 0.05) is 5.69 Å². The zero-order chi connectivity index (χ0) is 22.2. The van der Waals surface area contributed by atoms with Gasteiger partial charge in [0.1, 0.15) is 11.2 Å². The predicted octanol–water partition coefficient (Wildman–Crippen LogP) is 5.93. The number of aryl methyl sites for hydroxylation is 1. The van der Waals surface area contributed by atoms with E-state index in [9.17, 15) is 4.79 Å². The zero-order valence-corrected chi connectivity index (χ0v) is 19.2. The lowest BCUT2D eigenvalue weighted by atomic mass is 9.90. The Hall–Kier alpha value is -2.37. The Labute approximate surface area is 180 Å². The third-order valence-electron chi connectivity index (χ3n) is 6.20. The lowest BCUT2D eigenvalue weighted by Gasteiger charge is -2.26. The maximum absolute atomic E-state index is 12.9. The van der Waals surface area contributed by atoms with Gasteiger partial charge in [-0.2, -0.15) is 0 Å². The highest BCUT2D eigenvalue weighted by Gasteiger charge is 2.51. The lowest BCUT2D eigenvalue weighted by molar-refractivity contribution is -0.118. The van der Waals surface area contributed by atoms with Gasteiger partial charge in [0.15, 0.2) is 0 Å². The van der Waals surface area contributed by atoms with Crippen LogP contribution < -0.4 is 10.5 Å². The molecule has 5 heteroatoms. The van der Waals surface area contributed by atoms with Gasteiger partial charge in [-0.15, -0.1) is 5.23 Å². The van der Waals surface area contributed by atoms with Crippen molar-refractivity contribution < 1.29 is 14.5 Å². The predicted molar refractivity (Wildman–Crippen MR) is 121 cm³/mol. The molecule has 1 aliphatic carbocycles. The molecular weight excluding hydrogens is 376 g/mol. The monoisotopic (exact) mass is 410 g/mol. The van der Waals surface area contributed by atoms with Crippen LogP contribution in [0.2, 0.25) is 0 Å². The Morgan fingerprint density at radius 1 is 0.867 bits per heavy atom. The number of anilines is 2. The summed E-state index contributed by atoms with van der Waals surface area (Å²) in [6, 6.07) is 15.8. The van der Waals surface area contributed by atoms with E-state index in [1.165, 1.54) is 10.8 Å². The summed E-state index contributed by atoms with van der Waals surface area (Å²) >= 11 is 0. The number of carbonyl (C=O) groups excluding carboxylic acids is 1. The van der Waals surface area contributed by atoms with Crippen LogP contribution in [-0.2, 0) is 19.9 Å². The fourth-order valence-electron chi connectivity index (χ4n) is 3.32. The van der Waals surface area contributed by atoms with E-state index in [2.05, 4.69) is 36.5 Å². The van der Waals surface area contributed by atoms with E-state index in [-0.39, 0.29) is 11.3 Å². The Bertz CT molecular complexity index is 866. The molecule has 1 heterocycles. The number of nitrogens with one attached hydrogen (secondary N) is 1. The van der Waals surface area contributed by atoms with Gasteiger partial charge in [0.2, 0.25) is 5.91 Å². The molecule has 1 N–H and O–H groups in total. The van der Waals surface area contributed by atoms with Crippen LogP contribution >= 0.6 is 0 Å². The fourth-order valence-corrected chi connectivity index (χ4v) is 3.32. The molecule has 5 nitrogen and oxygen atoms in total. The van der Waals surface area contributed by atoms with Gasteiger partial charge in [-0.3, -0.25) is 4.79 Å². The van der Waals surface area contributed by atoms with Gasteiger partial charge in [-0.25, -0.2) is 9.68 Å². The van der Waals surface area contributed by atoms with Crippen LogP contribution in [-0.4, -0.2) is 17.1 Å². The molecular formula is C25H34N2O3. The number of amides is 1. The molecule has 1 aliphatic heterocycles. The molecule has 2 fully saturated rings. The summed E-state index contributed by atoms with van der Waals surface area (Å²) in [5.74, 6) is 0.0556. The van der Waals surface area contributed by atoms with Crippen LogP contribution in [0.25, 0.3) is 0 Å². The Balaban J connectivity index is 0.00000124. The van der Waals surface area contributed by atoms with Crippen LogP contribution in [0.5, 0.6) is 0 Å². The Kier molecular flexibility index (Phi) is 5.99. The summed E-state index contributed by atoms with van der Waals surface area (Å²) in [6.07, 6.45) is 1.78. The van der Waals surface area contributed by atoms with Crippen molar-refractivity contribution in [1.29, 1.82) is 0 Å². The van der Waals surface area contributed by atoms with Crippen LogP contribution in [0, 0.1) is 6.92 Å². The minimum absolute atomic E-state index is 0.0556. The van der Waals surface area contributed by atoms with E-state index in [0.29, 0.717) is 0 Å². The van der Waals surface area contributed by atoms with E-state index in [1.54, 1.807) is 0 Å². The molecule has 0 aromatic heterocycles. The number of benzene rings is 2. The highest BCUT2D eigenvalue weighted by molar-refractivity contribution is 6.01. The van der Waals surface area contributed by atoms with Gasteiger partial charge < -0.3 is 5.32 Å². The van der Waals surface area contributed by atoms with Gasteiger partial charge in [0.25, 0.3) is 0 Å². The minimum Gasteiger partial charge on any atom is -0.325 e. The molecule has 4 rings (SSSR count). The number of rotatable bonds is 4. The first-order chi connectivity index (χ1) is 14.1. The van der Waals surface area contributed by atoms with E-state index in [1.807, 2.05) is 65.8 Å². The second-order valence-corrected chi connectivity index (χ2v) is 8.91. The average molecular weight is 411 g/mol. The largest absolute Gasteiger partial charge is 0.325 e. The third kappa shape index (κ3) is 4.09. The fraction of sp³-hybridized carbons (Fsp3) is 0.480. The highest BCUT2D eigenvalue weighted by Crippen LogP contribution is 2.49. The van der Waals surface area contributed by atoms with Crippen molar-refractivity contribution in [3.63, 3.8) is 0 Å². The molecule has 0 bridgehead atoms. The number of nitrogens with zero attached hydrogens (tertiary/aromatic N) is 1. The van der Waals surface area contributed by atoms with Gasteiger partial charge in [-0.05, 0) is 77.3 Å². The molecule has 2 aromatic carbocycles. The number of carbonyl (C=O) groups is 1. The summed E-state index contributed by atoms with van der Waals surface area (Å²) in [4.78, 5) is 24.8. The maximum atomic E-state index is 12.9. The summed E-state index contributed by atoms with van der Waals surface area (Å²) in [6.45, 7) is 14.1. The van der Waals surface area contributed by atoms with Crippen molar-refractivity contribution in [1.82, 2.24) is 0 Å². The van der Waals surface area contributed by atoms with Gasteiger partial charge in [0.05, 0.1) is 11.1 Å². The maximum Gasteiger partial charge on any atom is 0.235 e. The molecule has 1 saturated carbocycles. The molecule has 2 aromatic rings. The van der Waals surface area contributed by atoms with Crippen molar-refractivity contribution in [2.24, 2.45) is 0 Å². The van der Waals surface area contributed by atoms with E-state index >= 15 is 0 Å².